The van der Waals surface area contributed by atoms with Gasteiger partial charge < -0.3 is 9.80 Å². The summed E-state index contributed by atoms with van der Waals surface area (Å²) in [4.78, 5) is 34.2. The lowest BCUT2D eigenvalue weighted by Gasteiger charge is -2.39. The predicted molar refractivity (Wildman–Crippen MR) is 112 cm³/mol. The summed E-state index contributed by atoms with van der Waals surface area (Å²) < 4.78 is 0. The van der Waals surface area contributed by atoms with Crippen LogP contribution >= 0.6 is 0 Å². The first-order valence-electron chi connectivity index (χ1n) is 10.7. The zero-order chi connectivity index (χ0) is 20.1. The lowest BCUT2D eigenvalue weighted by Crippen LogP contribution is -2.50. The van der Waals surface area contributed by atoms with Gasteiger partial charge in [-0.05, 0) is 49.8 Å². The van der Waals surface area contributed by atoms with E-state index in [-0.39, 0.29) is 17.2 Å². The molecule has 152 valence electrons. The fourth-order valence-electron chi connectivity index (χ4n) is 4.72. The quantitative estimate of drug-likeness (QED) is 0.760. The van der Waals surface area contributed by atoms with Crippen LogP contribution in [0, 0.1) is 5.41 Å². The summed E-state index contributed by atoms with van der Waals surface area (Å²) in [6.45, 7) is 2.89. The zero-order valence-corrected chi connectivity index (χ0v) is 16.9. The Morgan fingerprint density at radius 3 is 2.66 bits per heavy atom. The largest absolute Gasteiger partial charge is 0.342 e. The molecule has 0 saturated carbocycles. The molecule has 1 atom stereocenters. The molecular weight excluding hydrogens is 362 g/mol. The van der Waals surface area contributed by atoms with Crippen LogP contribution in [0.25, 0.3) is 0 Å². The third-order valence-electron chi connectivity index (χ3n) is 6.33. The number of benzene rings is 1. The van der Waals surface area contributed by atoms with Gasteiger partial charge in [-0.1, -0.05) is 36.4 Å². The van der Waals surface area contributed by atoms with E-state index in [1.54, 1.807) is 6.20 Å². The van der Waals surface area contributed by atoms with Crippen LogP contribution in [0.3, 0.4) is 0 Å². The van der Waals surface area contributed by atoms with Gasteiger partial charge in [0.05, 0.1) is 11.8 Å². The fraction of sp³-hybridized carbons (Fsp3) is 0.458. The van der Waals surface area contributed by atoms with E-state index >= 15 is 0 Å². The molecule has 1 spiro atoms. The second-order valence-electron chi connectivity index (χ2n) is 8.33. The van der Waals surface area contributed by atoms with Gasteiger partial charge in [0, 0.05) is 38.1 Å². The number of pyridine rings is 1. The van der Waals surface area contributed by atoms with Gasteiger partial charge in [-0.3, -0.25) is 14.6 Å². The predicted octanol–water partition coefficient (Wildman–Crippen LogP) is 3.10. The Labute approximate surface area is 172 Å². The Morgan fingerprint density at radius 2 is 1.86 bits per heavy atom. The highest BCUT2D eigenvalue weighted by Crippen LogP contribution is 2.40. The number of amides is 2. The van der Waals surface area contributed by atoms with E-state index in [9.17, 15) is 9.59 Å². The number of likely N-dealkylation sites (tertiary alicyclic amines) is 2. The number of hydrogen-bond donors (Lipinski definition) is 0. The maximum atomic E-state index is 13.3. The van der Waals surface area contributed by atoms with Crippen LogP contribution in [0.4, 0.5) is 0 Å². The monoisotopic (exact) mass is 391 g/mol. The van der Waals surface area contributed by atoms with Gasteiger partial charge in [-0.2, -0.15) is 0 Å². The van der Waals surface area contributed by atoms with Crippen molar-refractivity contribution in [3.05, 3.63) is 66.0 Å². The van der Waals surface area contributed by atoms with Crippen LogP contribution in [-0.4, -0.2) is 52.8 Å². The Morgan fingerprint density at radius 1 is 1.03 bits per heavy atom. The maximum Gasteiger partial charge on any atom is 0.230 e. The molecule has 5 heteroatoms. The molecule has 2 aliphatic rings. The van der Waals surface area contributed by atoms with Crippen LogP contribution in [0.1, 0.15) is 36.9 Å². The molecule has 0 N–H and O–H groups in total. The average molecular weight is 392 g/mol. The number of hydrogen-bond acceptors (Lipinski definition) is 3. The molecule has 0 radical (unpaired) electrons. The van der Waals surface area contributed by atoms with Crippen LogP contribution < -0.4 is 0 Å². The molecule has 0 unspecified atom stereocenters. The summed E-state index contributed by atoms with van der Waals surface area (Å²) in [5.74, 6) is 0.333. The minimum Gasteiger partial charge on any atom is -0.342 e. The van der Waals surface area contributed by atoms with Gasteiger partial charge in [0.15, 0.2) is 0 Å². The SMILES string of the molecule is O=C(Cc1ccccn1)N1CC[C@@]2(CCCN(CCCc3ccccc3)C2=O)C1. The van der Waals surface area contributed by atoms with Crippen LogP contribution in [0.2, 0.25) is 0 Å². The minimum absolute atomic E-state index is 0.0783. The first-order valence-corrected chi connectivity index (χ1v) is 10.7. The zero-order valence-electron chi connectivity index (χ0n) is 16.9. The van der Waals surface area contributed by atoms with E-state index in [0.29, 0.717) is 19.5 Å². The topological polar surface area (TPSA) is 53.5 Å². The smallest absolute Gasteiger partial charge is 0.230 e. The average Bonchev–Trinajstić information content (AvgIpc) is 3.18. The normalized spacial score (nSPS) is 21.7. The molecule has 2 saturated heterocycles. The van der Waals surface area contributed by atoms with Crippen molar-refractivity contribution in [3.8, 4) is 0 Å². The molecule has 3 heterocycles. The number of aryl methyl sites for hydroxylation is 1. The van der Waals surface area contributed by atoms with Gasteiger partial charge in [0.1, 0.15) is 0 Å². The second kappa shape index (κ2) is 8.76. The first-order chi connectivity index (χ1) is 14.2. The Balaban J connectivity index is 1.33. The summed E-state index contributed by atoms with van der Waals surface area (Å²) in [6.07, 6.45) is 6.71. The Hall–Kier alpha value is -2.69. The van der Waals surface area contributed by atoms with Gasteiger partial charge >= 0.3 is 0 Å². The highest BCUT2D eigenvalue weighted by Gasteiger charge is 2.49. The van der Waals surface area contributed by atoms with E-state index in [1.165, 1.54) is 5.56 Å². The van der Waals surface area contributed by atoms with Crippen LogP contribution in [-0.2, 0) is 22.4 Å². The molecule has 2 fully saturated rings. The highest BCUT2D eigenvalue weighted by molar-refractivity contribution is 5.86. The molecule has 0 bridgehead atoms. The van der Waals surface area contributed by atoms with Crippen molar-refractivity contribution in [1.82, 2.24) is 14.8 Å². The minimum atomic E-state index is -0.370. The number of rotatable bonds is 6. The maximum absolute atomic E-state index is 13.3. The Bertz CT molecular complexity index is 840. The third-order valence-corrected chi connectivity index (χ3v) is 6.33. The fourth-order valence-corrected chi connectivity index (χ4v) is 4.72. The second-order valence-corrected chi connectivity index (χ2v) is 8.33. The molecule has 0 aliphatic carbocycles. The molecular formula is C24H29N3O2. The third kappa shape index (κ3) is 4.50. The summed E-state index contributed by atoms with van der Waals surface area (Å²) in [5, 5.41) is 0. The van der Waals surface area contributed by atoms with Gasteiger partial charge in [0.2, 0.25) is 11.8 Å². The number of nitrogens with zero attached hydrogens (tertiary/aromatic N) is 3. The van der Waals surface area contributed by atoms with E-state index in [2.05, 4.69) is 29.2 Å². The van der Waals surface area contributed by atoms with E-state index < -0.39 is 0 Å². The van der Waals surface area contributed by atoms with Crippen LogP contribution in [0.15, 0.2) is 54.7 Å². The number of carbonyl (C=O) groups excluding carboxylic acids is 2. The molecule has 2 aliphatic heterocycles. The van der Waals surface area contributed by atoms with Crippen molar-refractivity contribution < 1.29 is 9.59 Å². The molecule has 2 aromatic rings. The van der Waals surface area contributed by atoms with Crippen molar-refractivity contribution in [3.63, 3.8) is 0 Å². The number of carbonyl (C=O) groups is 2. The van der Waals surface area contributed by atoms with Crippen molar-refractivity contribution >= 4 is 11.8 Å². The van der Waals surface area contributed by atoms with Gasteiger partial charge in [-0.15, -0.1) is 0 Å². The lowest BCUT2D eigenvalue weighted by molar-refractivity contribution is -0.146. The summed E-state index contributed by atoms with van der Waals surface area (Å²) in [6, 6.07) is 16.1. The molecule has 1 aromatic carbocycles. The molecule has 5 nitrogen and oxygen atoms in total. The Kier molecular flexibility index (Phi) is 5.93. The summed E-state index contributed by atoms with van der Waals surface area (Å²) in [7, 11) is 0. The van der Waals surface area contributed by atoms with E-state index in [1.807, 2.05) is 34.1 Å². The van der Waals surface area contributed by atoms with Crippen molar-refractivity contribution in [2.75, 3.05) is 26.2 Å². The standard InChI is InChI=1S/C24H29N3O2/c28-22(18-21-11-4-5-14-25-21)27-17-13-24(19-27)12-7-16-26(23(24)29)15-6-10-20-8-2-1-3-9-20/h1-5,8-9,11,14H,6-7,10,12-13,15-19H2/t24-/m0/s1. The molecule has 29 heavy (non-hydrogen) atoms. The summed E-state index contributed by atoms with van der Waals surface area (Å²) in [5.41, 5.74) is 1.74. The first kappa shape index (κ1) is 19.6. The van der Waals surface area contributed by atoms with E-state index in [4.69, 9.17) is 0 Å². The summed E-state index contributed by atoms with van der Waals surface area (Å²) >= 11 is 0. The molecule has 4 rings (SSSR count). The molecule has 1 aromatic heterocycles. The number of aromatic nitrogens is 1. The number of piperidine rings is 1. The van der Waals surface area contributed by atoms with Crippen molar-refractivity contribution in [1.29, 1.82) is 0 Å². The van der Waals surface area contributed by atoms with Crippen LogP contribution in [0.5, 0.6) is 0 Å². The van der Waals surface area contributed by atoms with Crippen molar-refractivity contribution in [2.45, 2.75) is 38.5 Å². The van der Waals surface area contributed by atoms with Crippen molar-refractivity contribution in [2.24, 2.45) is 5.41 Å². The van der Waals surface area contributed by atoms with Gasteiger partial charge in [0.25, 0.3) is 0 Å². The molecule has 2 amide bonds. The lowest BCUT2D eigenvalue weighted by atomic mass is 9.78. The van der Waals surface area contributed by atoms with Gasteiger partial charge in [-0.25, -0.2) is 0 Å². The highest BCUT2D eigenvalue weighted by atomic mass is 16.2. The van der Waals surface area contributed by atoms with E-state index in [0.717, 1.165) is 50.9 Å².